The summed E-state index contributed by atoms with van der Waals surface area (Å²) in [4.78, 5) is 0. The Morgan fingerprint density at radius 3 is 1.43 bits per heavy atom. The van der Waals surface area contributed by atoms with E-state index in [1.165, 1.54) is 60.5 Å². The Bertz CT molecular complexity index is 2490. The Morgan fingerprint density at radius 1 is 0.348 bits per heavy atom. The maximum atomic E-state index is 6.46. The third-order valence-corrected chi connectivity index (χ3v) is 9.34. The van der Waals surface area contributed by atoms with Crippen LogP contribution in [0, 0.1) is 6.92 Å². The normalized spacial score (nSPS) is 11.6. The number of aryl methyl sites for hydroxylation is 1. The Kier molecular flexibility index (Phi) is 6.11. The molecule has 0 radical (unpaired) electrons. The van der Waals surface area contributed by atoms with Crippen LogP contribution in [0.25, 0.3) is 88.0 Å². The summed E-state index contributed by atoms with van der Waals surface area (Å²) in [5.74, 6) is 0. The van der Waals surface area contributed by atoms with Gasteiger partial charge in [-0.05, 0) is 85.6 Å². The van der Waals surface area contributed by atoms with Gasteiger partial charge in [-0.15, -0.1) is 0 Å². The molecule has 0 aliphatic heterocycles. The molecule has 8 aromatic carbocycles. The first-order chi connectivity index (χ1) is 22.7. The highest BCUT2D eigenvalue weighted by molar-refractivity contribution is 6.21. The van der Waals surface area contributed by atoms with Gasteiger partial charge in [0.25, 0.3) is 0 Å². The summed E-state index contributed by atoms with van der Waals surface area (Å²) in [7, 11) is 0. The minimum atomic E-state index is 0.913. The van der Waals surface area contributed by atoms with Crippen LogP contribution < -0.4 is 0 Å². The quantitative estimate of drug-likeness (QED) is 0.187. The molecule has 0 bridgehead atoms. The number of fused-ring (bicyclic) bond motifs is 5. The van der Waals surface area contributed by atoms with Crippen LogP contribution in [0.3, 0.4) is 0 Å². The van der Waals surface area contributed by atoms with Crippen molar-refractivity contribution in [3.63, 3.8) is 0 Å². The van der Waals surface area contributed by atoms with Crippen molar-refractivity contribution in [2.75, 3.05) is 0 Å². The second kappa shape index (κ2) is 10.6. The molecule has 0 N–H and O–H groups in total. The fourth-order valence-corrected chi connectivity index (χ4v) is 7.13. The van der Waals surface area contributed by atoms with E-state index in [0.717, 1.165) is 33.1 Å². The Hall–Kier alpha value is -5.92. The third kappa shape index (κ3) is 4.24. The van der Waals surface area contributed by atoms with Gasteiger partial charge in [0.05, 0.1) is 0 Å². The van der Waals surface area contributed by atoms with Crippen LogP contribution in [0.5, 0.6) is 0 Å². The van der Waals surface area contributed by atoms with Crippen molar-refractivity contribution in [1.82, 2.24) is 0 Å². The van der Waals surface area contributed by atoms with Crippen LogP contribution in [0.1, 0.15) is 5.56 Å². The van der Waals surface area contributed by atoms with E-state index in [1.807, 2.05) is 6.07 Å². The highest BCUT2D eigenvalue weighted by Crippen LogP contribution is 2.44. The van der Waals surface area contributed by atoms with E-state index in [4.69, 9.17) is 4.42 Å². The lowest BCUT2D eigenvalue weighted by Gasteiger charge is -2.18. The Morgan fingerprint density at radius 2 is 0.826 bits per heavy atom. The Labute approximate surface area is 268 Å². The summed E-state index contributed by atoms with van der Waals surface area (Å²) in [5, 5.41) is 7.35. The van der Waals surface area contributed by atoms with Crippen molar-refractivity contribution in [2.24, 2.45) is 0 Å². The zero-order valence-corrected chi connectivity index (χ0v) is 25.5. The standard InChI is InChI=1S/C45H30O/c1-29-19-21-31(22-20-29)40-27-34(28-41-35-13-9-10-18-42(35)46-45(40)41)30-23-25-33(26-24-30)44-38-16-7-5-14-36(38)43(32-11-3-2-4-12-32)37-15-6-8-17-39(37)44/h2-28H,1H3. The van der Waals surface area contributed by atoms with Crippen molar-refractivity contribution in [3.8, 4) is 44.5 Å². The molecule has 216 valence electrons. The molecule has 0 spiro atoms. The van der Waals surface area contributed by atoms with Crippen molar-refractivity contribution < 1.29 is 4.42 Å². The van der Waals surface area contributed by atoms with Gasteiger partial charge in [0.15, 0.2) is 0 Å². The van der Waals surface area contributed by atoms with Gasteiger partial charge >= 0.3 is 0 Å². The van der Waals surface area contributed by atoms with Gasteiger partial charge in [-0.1, -0.05) is 151 Å². The SMILES string of the molecule is Cc1ccc(-c2cc(-c3ccc(-c4c5ccccc5c(-c5ccccc5)c5ccccc45)cc3)cc3c2oc2ccccc23)cc1. The summed E-state index contributed by atoms with van der Waals surface area (Å²) in [6, 6.07) is 59.2. The first-order valence-corrected chi connectivity index (χ1v) is 15.8. The third-order valence-electron chi connectivity index (χ3n) is 9.34. The van der Waals surface area contributed by atoms with E-state index in [0.29, 0.717) is 0 Å². The van der Waals surface area contributed by atoms with Crippen LogP contribution in [-0.2, 0) is 0 Å². The van der Waals surface area contributed by atoms with Gasteiger partial charge in [-0.25, -0.2) is 0 Å². The molecular formula is C45H30O. The number of benzene rings is 8. The van der Waals surface area contributed by atoms with Crippen LogP contribution in [0.4, 0.5) is 0 Å². The average molecular weight is 587 g/mol. The summed E-state index contributed by atoms with van der Waals surface area (Å²) in [5.41, 5.74) is 12.7. The van der Waals surface area contributed by atoms with E-state index >= 15 is 0 Å². The molecule has 0 atom stereocenters. The van der Waals surface area contributed by atoms with Gasteiger partial charge in [0, 0.05) is 16.3 Å². The molecule has 0 saturated heterocycles. The van der Waals surface area contributed by atoms with E-state index in [9.17, 15) is 0 Å². The molecule has 0 aliphatic rings. The summed E-state index contributed by atoms with van der Waals surface area (Å²) >= 11 is 0. The molecule has 1 nitrogen and oxygen atoms in total. The topological polar surface area (TPSA) is 13.1 Å². The van der Waals surface area contributed by atoms with Crippen molar-refractivity contribution in [2.45, 2.75) is 6.92 Å². The van der Waals surface area contributed by atoms with E-state index in [-0.39, 0.29) is 0 Å². The molecule has 0 unspecified atom stereocenters. The fourth-order valence-electron chi connectivity index (χ4n) is 7.13. The smallest absolute Gasteiger partial charge is 0.143 e. The number of hydrogen-bond acceptors (Lipinski definition) is 1. The monoisotopic (exact) mass is 586 g/mol. The molecule has 0 amide bonds. The molecule has 9 aromatic rings. The highest BCUT2D eigenvalue weighted by atomic mass is 16.3. The molecule has 1 heterocycles. The van der Waals surface area contributed by atoms with Crippen molar-refractivity contribution >= 4 is 43.5 Å². The van der Waals surface area contributed by atoms with Gasteiger partial charge < -0.3 is 4.42 Å². The lowest BCUT2D eigenvalue weighted by Crippen LogP contribution is -1.91. The molecule has 1 heteroatoms. The fraction of sp³-hybridized carbons (Fsp3) is 0.0222. The molecular weight excluding hydrogens is 556 g/mol. The number of para-hydroxylation sites is 1. The van der Waals surface area contributed by atoms with Gasteiger partial charge in [0.2, 0.25) is 0 Å². The lowest BCUT2D eigenvalue weighted by atomic mass is 9.85. The van der Waals surface area contributed by atoms with Crippen LogP contribution in [-0.4, -0.2) is 0 Å². The summed E-state index contributed by atoms with van der Waals surface area (Å²) in [6.07, 6.45) is 0. The first-order valence-electron chi connectivity index (χ1n) is 15.8. The largest absolute Gasteiger partial charge is 0.455 e. The number of furan rings is 1. The van der Waals surface area contributed by atoms with Crippen LogP contribution in [0.2, 0.25) is 0 Å². The average Bonchev–Trinajstić information content (AvgIpc) is 3.50. The molecule has 9 rings (SSSR count). The second-order valence-electron chi connectivity index (χ2n) is 12.1. The minimum absolute atomic E-state index is 0.913. The van der Waals surface area contributed by atoms with Gasteiger partial charge in [-0.3, -0.25) is 0 Å². The minimum Gasteiger partial charge on any atom is -0.455 e. The van der Waals surface area contributed by atoms with E-state index in [1.54, 1.807) is 0 Å². The van der Waals surface area contributed by atoms with Crippen LogP contribution >= 0.6 is 0 Å². The lowest BCUT2D eigenvalue weighted by molar-refractivity contribution is 0.670. The number of hydrogen-bond donors (Lipinski definition) is 0. The predicted molar refractivity (Wildman–Crippen MR) is 195 cm³/mol. The summed E-state index contributed by atoms with van der Waals surface area (Å²) in [6.45, 7) is 2.13. The maximum absolute atomic E-state index is 6.46. The zero-order chi connectivity index (χ0) is 30.6. The van der Waals surface area contributed by atoms with Gasteiger partial charge in [0.1, 0.15) is 11.2 Å². The second-order valence-corrected chi connectivity index (χ2v) is 12.1. The number of rotatable bonds is 4. The molecule has 0 aliphatic carbocycles. The summed E-state index contributed by atoms with van der Waals surface area (Å²) < 4.78 is 6.46. The van der Waals surface area contributed by atoms with Crippen molar-refractivity contribution in [3.05, 3.63) is 169 Å². The predicted octanol–water partition coefficient (Wildman–Crippen LogP) is 12.9. The van der Waals surface area contributed by atoms with Gasteiger partial charge in [-0.2, -0.15) is 0 Å². The molecule has 1 aromatic heterocycles. The Balaban J connectivity index is 1.24. The zero-order valence-electron chi connectivity index (χ0n) is 25.5. The maximum Gasteiger partial charge on any atom is 0.143 e. The van der Waals surface area contributed by atoms with E-state index in [2.05, 4.69) is 165 Å². The first kappa shape index (κ1) is 26.5. The van der Waals surface area contributed by atoms with Crippen molar-refractivity contribution in [1.29, 1.82) is 0 Å². The highest BCUT2D eigenvalue weighted by Gasteiger charge is 2.18. The molecule has 0 saturated carbocycles. The van der Waals surface area contributed by atoms with Crippen LogP contribution in [0.15, 0.2) is 168 Å². The molecule has 0 fully saturated rings. The molecule has 46 heavy (non-hydrogen) atoms. The van der Waals surface area contributed by atoms with E-state index < -0.39 is 0 Å².